The molecule has 3 heteroatoms. The zero-order chi connectivity index (χ0) is 14.9. The van der Waals surface area contributed by atoms with Crippen molar-refractivity contribution in [3.8, 4) is 0 Å². The molecule has 0 atom stereocenters. The Hall–Kier alpha value is 0.470. The predicted molar refractivity (Wildman–Crippen MR) is 88.9 cm³/mol. The summed E-state index contributed by atoms with van der Waals surface area (Å²) in [6.07, 6.45) is 20.5. The van der Waals surface area contributed by atoms with Gasteiger partial charge >= 0.3 is 29.6 Å². The molecule has 0 radical (unpaired) electrons. The SMILES string of the molecule is CCCCCCCCCCCCCCCCCC([NH-])=O.[Na+]. The Labute approximate surface area is 155 Å². The van der Waals surface area contributed by atoms with E-state index in [9.17, 15) is 4.79 Å². The average molecular weight is 305 g/mol. The van der Waals surface area contributed by atoms with E-state index in [1.165, 1.54) is 83.5 Å². The van der Waals surface area contributed by atoms with Crippen molar-refractivity contribution in [1.29, 1.82) is 0 Å². The van der Waals surface area contributed by atoms with Crippen LogP contribution in [0.5, 0.6) is 0 Å². The van der Waals surface area contributed by atoms with Crippen molar-refractivity contribution >= 4 is 5.91 Å². The van der Waals surface area contributed by atoms with Gasteiger partial charge in [0.1, 0.15) is 0 Å². The maximum Gasteiger partial charge on any atom is 1.00 e. The molecule has 0 saturated heterocycles. The molecule has 0 rings (SSSR count). The normalized spacial score (nSPS) is 10.3. The van der Waals surface area contributed by atoms with Crippen LogP contribution in [-0.4, -0.2) is 5.91 Å². The molecule has 0 bridgehead atoms. The van der Waals surface area contributed by atoms with Gasteiger partial charge in [-0.1, -0.05) is 96.8 Å². The summed E-state index contributed by atoms with van der Waals surface area (Å²) < 4.78 is 0. The van der Waals surface area contributed by atoms with Crippen molar-refractivity contribution in [3.63, 3.8) is 0 Å². The minimum atomic E-state index is -0.403. The molecule has 1 N–H and O–H groups in total. The summed E-state index contributed by atoms with van der Waals surface area (Å²) in [5, 5.41) is 0. The van der Waals surface area contributed by atoms with Gasteiger partial charge in [0.2, 0.25) is 0 Å². The first-order valence-electron chi connectivity index (χ1n) is 9.01. The second kappa shape index (κ2) is 20.5. The van der Waals surface area contributed by atoms with E-state index in [1.807, 2.05) is 0 Å². The number of hydrogen-bond donors (Lipinski definition) is 0. The van der Waals surface area contributed by atoms with Crippen molar-refractivity contribution in [1.82, 2.24) is 0 Å². The summed E-state index contributed by atoms with van der Waals surface area (Å²) in [4.78, 5) is 10.4. The Morgan fingerprint density at radius 3 is 1.19 bits per heavy atom. The van der Waals surface area contributed by atoms with Gasteiger partial charge < -0.3 is 10.5 Å². The van der Waals surface area contributed by atoms with E-state index in [4.69, 9.17) is 5.73 Å². The van der Waals surface area contributed by atoms with E-state index < -0.39 is 5.91 Å². The first kappa shape index (κ1) is 23.7. The van der Waals surface area contributed by atoms with E-state index in [2.05, 4.69) is 6.92 Å². The Bertz CT molecular complexity index is 209. The zero-order valence-corrected chi connectivity index (χ0v) is 16.7. The third kappa shape index (κ3) is 22.9. The van der Waals surface area contributed by atoms with E-state index in [1.54, 1.807) is 0 Å². The predicted octanol–water partition coefficient (Wildman–Crippen LogP) is 3.83. The van der Waals surface area contributed by atoms with E-state index in [0.29, 0.717) is 6.42 Å². The summed E-state index contributed by atoms with van der Waals surface area (Å²) in [5.74, 6) is -0.403. The Morgan fingerprint density at radius 1 is 0.619 bits per heavy atom. The van der Waals surface area contributed by atoms with Crippen LogP contribution in [0.1, 0.15) is 110 Å². The van der Waals surface area contributed by atoms with Gasteiger partial charge in [-0.2, -0.15) is 0 Å². The number of rotatable bonds is 16. The Kier molecular flexibility index (Phi) is 23.1. The Morgan fingerprint density at radius 2 is 0.905 bits per heavy atom. The molecule has 0 aromatic heterocycles. The van der Waals surface area contributed by atoms with Crippen LogP contribution in [0.3, 0.4) is 0 Å². The van der Waals surface area contributed by atoms with Crippen LogP contribution in [0.25, 0.3) is 5.73 Å². The molecule has 0 unspecified atom stereocenters. The summed E-state index contributed by atoms with van der Waals surface area (Å²) in [5.41, 5.74) is 6.81. The van der Waals surface area contributed by atoms with E-state index >= 15 is 0 Å². The fraction of sp³-hybridized carbons (Fsp3) is 0.944. The molecule has 21 heavy (non-hydrogen) atoms. The van der Waals surface area contributed by atoms with Gasteiger partial charge in [-0.15, -0.1) is 0 Å². The maximum absolute atomic E-state index is 10.4. The molecular formula is C18H36NNaO. The molecule has 1 amide bonds. The van der Waals surface area contributed by atoms with Crippen molar-refractivity contribution in [2.75, 3.05) is 0 Å². The average Bonchev–Trinajstić information content (AvgIpc) is 2.43. The molecule has 0 aliphatic heterocycles. The minimum absolute atomic E-state index is 0. The van der Waals surface area contributed by atoms with Gasteiger partial charge in [-0.3, -0.25) is 0 Å². The first-order chi connectivity index (χ1) is 9.77. The van der Waals surface area contributed by atoms with Gasteiger partial charge in [-0.05, 0) is 12.8 Å². The molecule has 0 saturated carbocycles. The van der Waals surface area contributed by atoms with Crippen LogP contribution in [0.15, 0.2) is 0 Å². The van der Waals surface area contributed by atoms with Gasteiger partial charge in [0.15, 0.2) is 0 Å². The van der Waals surface area contributed by atoms with Crippen LogP contribution in [-0.2, 0) is 4.79 Å². The number of hydrogen-bond acceptors (Lipinski definition) is 1. The number of amides is 1. The van der Waals surface area contributed by atoms with Crippen molar-refractivity contribution in [2.24, 2.45) is 0 Å². The third-order valence-electron chi connectivity index (χ3n) is 4.01. The van der Waals surface area contributed by atoms with Crippen LogP contribution >= 0.6 is 0 Å². The summed E-state index contributed by atoms with van der Waals surface area (Å²) in [7, 11) is 0. The quantitative estimate of drug-likeness (QED) is 0.315. The monoisotopic (exact) mass is 305 g/mol. The molecule has 0 aromatic carbocycles. The second-order valence-electron chi connectivity index (χ2n) is 6.12. The van der Waals surface area contributed by atoms with Crippen LogP contribution in [0.4, 0.5) is 0 Å². The van der Waals surface area contributed by atoms with E-state index in [0.717, 1.165) is 12.8 Å². The molecular weight excluding hydrogens is 269 g/mol. The minimum Gasteiger partial charge on any atom is -0.668 e. The molecule has 0 aliphatic rings. The molecule has 0 heterocycles. The van der Waals surface area contributed by atoms with Crippen LogP contribution < -0.4 is 29.6 Å². The molecule has 0 aliphatic carbocycles. The molecule has 2 nitrogen and oxygen atoms in total. The number of nitrogens with one attached hydrogen (secondary N) is 1. The van der Waals surface area contributed by atoms with Crippen LogP contribution in [0, 0.1) is 0 Å². The fourth-order valence-electron chi connectivity index (χ4n) is 2.66. The molecule has 120 valence electrons. The maximum atomic E-state index is 10.4. The summed E-state index contributed by atoms with van der Waals surface area (Å²) in [6, 6.07) is 0. The third-order valence-corrected chi connectivity index (χ3v) is 4.01. The van der Waals surface area contributed by atoms with Gasteiger partial charge in [-0.25, -0.2) is 0 Å². The number of carbonyl (C=O) groups excluding carboxylic acids is 1. The number of carbonyl (C=O) groups is 1. The van der Waals surface area contributed by atoms with Gasteiger partial charge in [0, 0.05) is 5.91 Å². The summed E-state index contributed by atoms with van der Waals surface area (Å²) >= 11 is 0. The van der Waals surface area contributed by atoms with Crippen molar-refractivity contribution < 1.29 is 34.4 Å². The second-order valence-corrected chi connectivity index (χ2v) is 6.12. The smallest absolute Gasteiger partial charge is 0.668 e. The van der Waals surface area contributed by atoms with Crippen molar-refractivity contribution in [3.05, 3.63) is 5.73 Å². The van der Waals surface area contributed by atoms with Crippen molar-refractivity contribution in [2.45, 2.75) is 110 Å². The molecule has 0 aromatic rings. The van der Waals surface area contributed by atoms with Gasteiger partial charge in [0.25, 0.3) is 0 Å². The number of unbranched alkanes of at least 4 members (excludes halogenated alkanes) is 14. The molecule has 0 fully saturated rings. The zero-order valence-electron chi connectivity index (χ0n) is 14.7. The standard InChI is InChI=1S/C18H37NO.Na/c1-2-3-4-5-6-7-8-9-10-11-12-13-14-15-16-17-18(19)20;/h2-17H2,1H3,(H2,19,20);/q;+1/p-1. The Balaban J connectivity index is 0. The summed E-state index contributed by atoms with van der Waals surface area (Å²) in [6.45, 7) is 2.27. The van der Waals surface area contributed by atoms with E-state index in [-0.39, 0.29) is 29.6 Å². The fourth-order valence-corrected chi connectivity index (χ4v) is 2.66. The largest absolute Gasteiger partial charge is 1.00 e. The first-order valence-corrected chi connectivity index (χ1v) is 9.01. The topological polar surface area (TPSA) is 40.9 Å². The van der Waals surface area contributed by atoms with Gasteiger partial charge in [0.05, 0.1) is 0 Å². The van der Waals surface area contributed by atoms with Crippen LogP contribution in [0.2, 0.25) is 0 Å². The molecule has 0 spiro atoms.